The standard InChI is InChI=1S/C17H24N2O6/c1-23-13-5-4-11(14(24-2)15(13)25-3)6-8-18-17(22)19-9-7-12(10-19)16(20)21/h4-5,12H,6-10H2,1-3H3,(H,18,22)(H,20,21). The Balaban J connectivity index is 1.93. The van der Waals surface area contributed by atoms with E-state index in [0.29, 0.717) is 43.2 Å². The van der Waals surface area contributed by atoms with Gasteiger partial charge in [0.1, 0.15) is 0 Å². The van der Waals surface area contributed by atoms with Crippen molar-refractivity contribution in [2.75, 3.05) is 41.0 Å². The number of carbonyl (C=O) groups is 2. The average molecular weight is 352 g/mol. The van der Waals surface area contributed by atoms with Gasteiger partial charge in [-0.2, -0.15) is 0 Å². The van der Waals surface area contributed by atoms with Gasteiger partial charge in [0.2, 0.25) is 5.75 Å². The fourth-order valence-electron chi connectivity index (χ4n) is 2.92. The molecule has 1 aliphatic heterocycles. The lowest BCUT2D eigenvalue weighted by molar-refractivity contribution is -0.141. The van der Waals surface area contributed by atoms with Crippen LogP contribution in [0.5, 0.6) is 17.2 Å². The summed E-state index contributed by atoms with van der Waals surface area (Å²) in [6.45, 7) is 1.11. The van der Waals surface area contributed by atoms with E-state index in [-0.39, 0.29) is 12.6 Å². The fraction of sp³-hybridized carbons (Fsp3) is 0.529. The highest BCUT2D eigenvalue weighted by Gasteiger charge is 2.30. The number of rotatable bonds is 7. The van der Waals surface area contributed by atoms with Crippen molar-refractivity contribution < 1.29 is 28.9 Å². The van der Waals surface area contributed by atoms with Gasteiger partial charge in [-0.3, -0.25) is 4.79 Å². The Morgan fingerprint density at radius 2 is 1.92 bits per heavy atom. The summed E-state index contributed by atoms with van der Waals surface area (Å²) in [6.07, 6.45) is 1.04. The first-order valence-corrected chi connectivity index (χ1v) is 8.05. The molecule has 8 nitrogen and oxygen atoms in total. The summed E-state index contributed by atoms with van der Waals surface area (Å²) < 4.78 is 16.0. The number of hydrogen-bond acceptors (Lipinski definition) is 5. The molecule has 8 heteroatoms. The first kappa shape index (κ1) is 18.7. The minimum atomic E-state index is -0.856. The minimum Gasteiger partial charge on any atom is -0.493 e. The fourth-order valence-corrected chi connectivity index (χ4v) is 2.92. The van der Waals surface area contributed by atoms with Gasteiger partial charge in [-0.15, -0.1) is 0 Å². The molecule has 0 radical (unpaired) electrons. The number of benzene rings is 1. The number of carboxylic acid groups (broad SMARTS) is 1. The molecule has 0 spiro atoms. The van der Waals surface area contributed by atoms with Gasteiger partial charge in [0.15, 0.2) is 11.5 Å². The van der Waals surface area contributed by atoms with E-state index in [1.165, 1.54) is 12.0 Å². The highest BCUT2D eigenvalue weighted by Crippen LogP contribution is 2.39. The molecule has 1 fully saturated rings. The van der Waals surface area contributed by atoms with Crippen LogP contribution in [0.25, 0.3) is 0 Å². The molecule has 1 atom stereocenters. The highest BCUT2D eigenvalue weighted by atomic mass is 16.5. The summed E-state index contributed by atoms with van der Waals surface area (Å²) in [4.78, 5) is 24.6. The van der Waals surface area contributed by atoms with E-state index in [1.807, 2.05) is 6.07 Å². The van der Waals surface area contributed by atoms with Crippen LogP contribution in [0.2, 0.25) is 0 Å². The number of amides is 2. The van der Waals surface area contributed by atoms with E-state index in [0.717, 1.165) is 5.56 Å². The van der Waals surface area contributed by atoms with E-state index >= 15 is 0 Å². The van der Waals surface area contributed by atoms with Gasteiger partial charge in [0.25, 0.3) is 0 Å². The molecule has 1 saturated heterocycles. The molecule has 1 unspecified atom stereocenters. The molecule has 0 aliphatic carbocycles. The summed E-state index contributed by atoms with van der Waals surface area (Å²) in [6, 6.07) is 3.40. The zero-order chi connectivity index (χ0) is 18.4. The number of carboxylic acids is 1. The van der Waals surface area contributed by atoms with Crippen LogP contribution < -0.4 is 19.5 Å². The third-order valence-corrected chi connectivity index (χ3v) is 4.28. The largest absolute Gasteiger partial charge is 0.493 e. The predicted molar refractivity (Wildman–Crippen MR) is 90.5 cm³/mol. The van der Waals surface area contributed by atoms with Crippen molar-refractivity contribution in [3.05, 3.63) is 17.7 Å². The third kappa shape index (κ3) is 4.26. The Morgan fingerprint density at radius 3 is 2.48 bits per heavy atom. The molecule has 25 heavy (non-hydrogen) atoms. The number of hydrogen-bond donors (Lipinski definition) is 2. The van der Waals surface area contributed by atoms with Gasteiger partial charge in [0.05, 0.1) is 27.2 Å². The molecule has 1 aliphatic rings. The third-order valence-electron chi connectivity index (χ3n) is 4.28. The Hall–Kier alpha value is -2.64. The smallest absolute Gasteiger partial charge is 0.317 e. The lowest BCUT2D eigenvalue weighted by atomic mass is 10.1. The van der Waals surface area contributed by atoms with E-state index in [9.17, 15) is 9.59 Å². The van der Waals surface area contributed by atoms with Crippen LogP contribution in [0.15, 0.2) is 12.1 Å². The van der Waals surface area contributed by atoms with Gasteiger partial charge in [-0.1, -0.05) is 6.07 Å². The molecule has 2 amide bonds. The van der Waals surface area contributed by atoms with E-state index in [2.05, 4.69) is 5.32 Å². The molecule has 0 bridgehead atoms. The normalized spacial score (nSPS) is 16.4. The number of urea groups is 1. The predicted octanol–water partition coefficient (Wildman–Crippen LogP) is 1.37. The topological polar surface area (TPSA) is 97.3 Å². The van der Waals surface area contributed by atoms with Crippen LogP contribution in [0.3, 0.4) is 0 Å². The highest BCUT2D eigenvalue weighted by molar-refractivity contribution is 5.77. The van der Waals surface area contributed by atoms with Crippen LogP contribution >= 0.6 is 0 Å². The molecule has 1 aromatic rings. The Bertz CT molecular complexity index is 634. The Kier molecular flexibility index (Phi) is 6.32. The summed E-state index contributed by atoms with van der Waals surface area (Å²) in [5.74, 6) is 0.326. The lowest BCUT2D eigenvalue weighted by Crippen LogP contribution is -2.39. The van der Waals surface area contributed by atoms with Crippen molar-refractivity contribution in [1.82, 2.24) is 10.2 Å². The maximum absolute atomic E-state index is 12.1. The van der Waals surface area contributed by atoms with Crippen molar-refractivity contribution in [3.63, 3.8) is 0 Å². The molecule has 0 aromatic heterocycles. The number of nitrogens with one attached hydrogen (secondary N) is 1. The van der Waals surface area contributed by atoms with Crippen LogP contribution in [0.1, 0.15) is 12.0 Å². The second-order valence-electron chi connectivity index (χ2n) is 5.75. The number of likely N-dealkylation sites (tertiary alicyclic amines) is 1. The number of aliphatic carboxylic acids is 1. The second kappa shape index (κ2) is 8.46. The molecule has 2 rings (SSSR count). The zero-order valence-corrected chi connectivity index (χ0v) is 14.7. The summed E-state index contributed by atoms with van der Waals surface area (Å²) in [5.41, 5.74) is 0.880. The first-order valence-electron chi connectivity index (χ1n) is 8.05. The van der Waals surface area contributed by atoms with Gasteiger partial charge >= 0.3 is 12.0 Å². The van der Waals surface area contributed by atoms with Crippen molar-refractivity contribution in [2.24, 2.45) is 5.92 Å². The first-order chi connectivity index (χ1) is 12.0. The lowest BCUT2D eigenvalue weighted by Gasteiger charge is -2.18. The van der Waals surface area contributed by atoms with Gasteiger partial charge in [0, 0.05) is 25.2 Å². The SMILES string of the molecule is COc1ccc(CCNC(=O)N2CCC(C(=O)O)C2)c(OC)c1OC. The number of nitrogens with zero attached hydrogens (tertiary/aromatic N) is 1. The van der Waals surface area contributed by atoms with Gasteiger partial charge in [-0.05, 0) is 18.9 Å². The summed E-state index contributed by atoms with van der Waals surface area (Å²) >= 11 is 0. The number of ether oxygens (including phenoxy) is 3. The van der Waals surface area contributed by atoms with E-state index < -0.39 is 11.9 Å². The minimum absolute atomic E-state index is 0.247. The monoisotopic (exact) mass is 352 g/mol. The van der Waals surface area contributed by atoms with Crippen LogP contribution in [-0.4, -0.2) is 63.0 Å². The van der Waals surface area contributed by atoms with Crippen molar-refractivity contribution in [3.8, 4) is 17.2 Å². The van der Waals surface area contributed by atoms with Crippen molar-refractivity contribution >= 4 is 12.0 Å². The summed E-state index contributed by atoms with van der Waals surface area (Å²) in [7, 11) is 4.64. The van der Waals surface area contributed by atoms with E-state index in [1.54, 1.807) is 20.3 Å². The van der Waals surface area contributed by atoms with Gasteiger partial charge in [-0.25, -0.2) is 4.79 Å². The molecule has 2 N–H and O–H groups in total. The molecule has 1 heterocycles. The molecular weight excluding hydrogens is 328 g/mol. The molecule has 0 saturated carbocycles. The molecule has 138 valence electrons. The van der Waals surface area contributed by atoms with Crippen molar-refractivity contribution in [1.29, 1.82) is 0 Å². The van der Waals surface area contributed by atoms with Crippen molar-refractivity contribution in [2.45, 2.75) is 12.8 Å². The quantitative estimate of drug-likeness (QED) is 0.769. The zero-order valence-electron chi connectivity index (χ0n) is 14.7. The molecule has 1 aromatic carbocycles. The van der Waals surface area contributed by atoms with E-state index in [4.69, 9.17) is 19.3 Å². The van der Waals surface area contributed by atoms with Crippen LogP contribution in [0, 0.1) is 5.92 Å². The number of carbonyl (C=O) groups excluding carboxylic acids is 1. The molecular formula is C17H24N2O6. The van der Waals surface area contributed by atoms with Crippen LogP contribution in [0.4, 0.5) is 4.79 Å². The average Bonchev–Trinajstić information content (AvgIpc) is 3.11. The maximum Gasteiger partial charge on any atom is 0.317 e. The Morgan fingerprint density at radius 1 is 1.20 bits per heavy atom. The van der Waals surface area contributed by atoms with Crippen LogP contribution in [-0.2, 0) is 11.2 Å². The Labute approximate surface area is 146 Å². The van der Waals surface area contributed by atoms with Gasteiger partial charge < -0.3 is 29.5 Å². The second-order valence-corrected chi connectivity index (χ2v) is 5.75. The number of methoxy groups -OCH3 is 3. The summed E-state index contributed by atoms with van der Waals surface area (Å²) in [5, 5.41) is 11.8. The maximum atomic E-state index is 12.1.